The first kappa shape index (κ1) is 14.6. The summed E-state index contributed by atoms with van der Waals surface area (Å²) in [6, 6.07) is 4.40. The number of carbonyl (C=O) groups excluding carboxylic acids is 1. The summed E-state index contributed by atoms with van der Waals surface area (Å²) in [5, 5.41) is 0. The van der Waals surface area contributed by atoms with Gasteiger partial charge in [0.15, 0.2) is 0 Å². The van der Waals surface area contributed by atoms with E-state index in [1.165, 1.54) is 0 Å². The van der Waals surface area contributed by atoms with Crippen LogP contribution in [0.1, 0.15) is 50.0 Å². The van der Waals surface area contributed by atoms with Gasteiger partial charge in [-0.3, -0.25) is 4.79 Å². The van der Waals surface area contributed by atoms with Crippen LogP contribution in [0.2, 0.25) is 0 Å². The van der Waals surface area contributed by atoms with E-state index in [2.05, 4.69) is 4.90 Å². The zero-order valence-electron chi connectivity index (χ0n) is 12.9. The smallest absolute Gasteiger partial charge is 0.226 e. The molecule has 2 aliphatic rings. The largest absolute Gasteiger partial charge is 0.464 e. The molecule has 0 radical (unpaired) electrons. The van der Waals surface area contributed by atoms with E-state index >= 15 is 0 Å². The monoisotopic (exact) mass is 290 g/mol. The summed E-state index contributed by atoms with van der Waals surface area (Å²) < 4.78 is 5.65. The van der Waals surface area contributed by atoms with Gasteiger partial charge in [-0.25, -0.2) is 0 Å². The molecule has 1 heterocycles. The highest BCUT2D eigenvalue weighted by molar-refractivity contribution is 5.79. The molecule has 2 fully saturated rings. The van der Waals surface area contributed by atoms with E-state index in [1.54, 1.807) is 0 Å². The van der Waals surface area contributed by atoms with Crippen LogP contribution in [0.25, 0.3) is 0 Å². The van der Waals surface area contributed by atoms with Crippen molar-refractivity contribution in [3.8, 4) is 0 Å². The van der Waals surface area contributed by atoms with Crippen molar-refractivity contribution in [1.82, 2.24) is 4.90 Å². The maximum absolute atomic E-state index is 12.8. The molecule has 1 aromatic heterocycles. The van der Waals surface area contributed by atoms with Crippen molar-refractivity contribution in [1.29, 1.82) is 0 Å². The van der Waals surface area contributed by atoms with Gasteiger partial charge in [0.1, 0.15) is 11.5 Å². The van der Waals surface area contributed by atoms with Crippen molar-refractivity contribution in [2.45, 2.75) is 58.0 Å². The topological polar surface area (TPSA) is 59.5 Å². The van der Waals surface area contributed by atoms with E-state index in [1.807, 2.05) is 19.1 Å². The predicted octanol–water partition coefficient (Wildman–Crippen LogP) is 2.84. The summed E-state index contributed by atoms with van der Waals surface area (Å²) in [6.45, 7) is 3.34. The van der Waals surface area contributed by atoms with Crippen LogP contribution in [0, 0.1) is 18.8 Å². The number of aryl methyl sites for hydroxylation is 1. The molecular weight excluding hydrogens is 264 g/mol. The van der Waals surface area contributed by atoms with Crippen LogP contribution >= 0.6 is 0 Å². The lowest BCUT2D eigenvalue weighted by molar-refractivity contribution is -0.138. The minimum Gasteiger partial charge on any atom is -0.464 e. The fourth-order valence-corrected chi connectivity index (χ4v) is 3.39. The number of hydrogen-bond donors (Lipinski definition) is 1. The normalized spacial score (nSPS) is 25.8. The molecule has 2 saturated carbocycles. The molecule has 21 heavy (non-hydrogen) atoms. The molecule has 0 saturated heterocycles. The minimum absolute atomic E-state index is 0.199. The molecule has 1 aromatic rings. The van der Waals surface area contributed by atoms with Gasteiger partial charge in [0.05, 0.1) is 6.54 Å². The Balaban J connectivity index is 1.62. The number of amides is 1. The van der Waals surface area contributed by atoms with Crippen molar-refractivity contribution in [2.24, 2.45) is 17.6 Å². The van der Waals surface area contributed by atoms with Crippen molar-refractivity contribution < 1.29 is 9.21 Å². The summed E-state index contributed by atoms with van der Waals surface area (Å²) >= 11 is 0. The van der Waals surface area contributed by atoms with E-state index in [4.69, 9.17) is 10.2 Å². The summed E-state index contributed by atoms with van der Waals surface area (Å²) in [6.07, 6.45) is 6.49. The van der Waals surface area contributed by atoms with Gasteiger partial charge in [0, 0.05) is 12.0 Å². The minimum atomic E-state index is 0.199. The first-order valence-corrected chi connectivity index (χ1v) is 8.23. The molecule has 2 N–H and O–H groups in total. The first-order valence-electron chi connectivity index (χ1n) is 8.23. The second-order valence-electron chi connectivity index (χ2n) is 6.66. The zero-order chi connectivity index (χ0) is 14.8. The van der Waals surface area contributed by atoms with Gasteiger partial charge in [-0.2, -0.15) is 0 Å². The summed E-state index contributed by atoms with van der Waals surface area (Å²) in [5.74, 6) is 2.97. The van der Waals surface area contributed by atoms with Gasteiger partial charge < -0.3 is 15.1 Å². The van der Waals surface area contributed by atoms with E-state index in [0.29, 0.717) is 24.4 Å². The van der Waals surface area contributed by atoms with Crippen molar-refractivity contribution in [3.05, 3.63) is 23.7 Å². The van der Waals surface area contributed by atoms with Crippen LogP contribution in [0.3, 0.4) is 0 Å². The molecule has 1 amide bonds. The number of carbonyl (C=O) groups is 1. The van der Waals surface area contributed by atoms with Gasteiger partial charge in [-0.1, -0.05) is 0 Å². The molecule has 116 valence electrons. The van der Waals surface area contributed by atoms with Crippen LogP contribution < -0.4 is 5.73 Å². The van der Waals surface area contributed by atoms with Crippen LogP contribution in [0.5, 0.6) is 0 Å². The van der Waals surface area contributed by atoms with Gasteiger partial charge in [0.25, 0.3) is 0 Å². The third-order valence-electron chi connectivity index (χ3n) is 4.92. The summed E-state index contributed by atoms with van der Waals surface area (Å²) in [4.78, 5) is 14.9. The van der Waals surface area contributed by atoms with Crippen LogP contribution in [-0.2, 0) is 11.3 Å². The third-order valence-corrected chi connectivity index (χ3v) is 4.92. The highest BCUT2D eigenvalue weighted by Gasteiger charge is 2.37. The van der Waals surface area contributed by atoms with Crippen molar-refractivity contribution >= 4 is 5.91 Å². The predicted molar refractivity (Wildman–Crippen MR) is 81.5 cm³/mol. The van der Waals surface area contributed by atoms with Crippen LogP contribution in [0.4, 0.5) is 0 Å². The average molecular weight is 290 g/mol. The molecule has 0 aromatic carbocycles. The van der Waals surface area contributed by atoms with Gasteiger partial charge in [-0.15, -0.1) is 0 Å². The Kier molecular flexibility index (Phi) is 4.34. The maximum Gasteiger partial charge on any atom is 0.226 e. The lowest BCUT2D eigenvalue weighted by Gasteiger charge is -2.31. The molecule has 0 aliphatic heterocycles. The fourth-order valence-electron chi connectivity index (χ4n) is 3.39. The second kappa shape index (κ2) is 6.22. The Morgan fingerprint density at radius 2 is 1.95 bits per heavy atom. The number of nitrogens with zero attached hydrogens (tertiary/aromatic N) is 1. The summed E-state index contributed by atoms with van der Waals surface area (Å²) in [5.41, 5.74) is 5.74. The average Bonchev–Trinajstić information content (AvgIpc) is 3.27. The van der Waals surface area contributed by atoms with E-state index in [-0.39, 0.29) is 5.92 Å². The lowest BCUT2D eigenvalue weighted by atomic mass is 9.81. The number of furan rings is 1. The standard InChI is InChI=1S/C17H26N2O2/c1-12-2-9-16(21-12)11-19(15-7-8-15)17(20)14-5-3-13(10-18)4-6-14/h2,9,13-15H,3-8,10-11,18H2,1H3. The highest BCUT2D eigenvalue weighted by atomic mass is 16.3. The molecule has 4 nitrogen and oxygen atoms in total. The Morgan fingerprint density at radius 1 is 1.24 bits per heavy atom. The molecule has 0 unspecified atom stereocenters. The molecule has 4 heteroatoms. The van der Waals surface area contributed by atoms with E-state index in [9.17, 15) is 4.79 Å². The number of rotatable bonds is 5. The maximum atomic E-state index is 12.8. The van der Waals surface area contributed by atoms with Crippen molar-refractivity contribution in [3.63, 3.8) is 0 Å². The molecule has 2 aliphatic carbocycles. The van der Waals surface area contributed by atoms with Crippen LogP contribution in [0.15, 0.2) is 16.5 Å². The first-order chi connectivity index (χ1) is 10.2. The van der Waals surface area contributed by atoms with Gasteiger partial charge in [-0.05, 0) is 70.0 Å². The molecular formula is C17H26N2O2. The van der Waals surface area contributed by atoms with Gasteiger partial charge >= 0.3 is 0 Å². The number of nitrogens with two attached hydrogens (primary N) is 1. The van der Waals surface area contributed by atoms with Crippen LogP contribution in [-0.4, -0.2) is 23.4 Å². The zero-order valence-corrected chi connectivity index (χ0v) is 12.9. The second-order valence-corrected chi connectivity index (χ2v) is 6.66. The Labute approximate surface area is 126 Å². The fraction of sp³-hybridized carbons (Fsp3) is 0.706. The highest BCUT2D eigenvalue weighted by Crippen LogP contribution is 2.34. The Hall–Kier alpha value is -1.29. The third kappa shape index (κ3) is 3.49. The quantitative estimate of drug-likeness (QED) is 0.907. The van der Waals surface area contributed by atoms with Crippen molar-refractivity contribution in [2.75, 3.05) is 6.54 Å². The molecule has 0 spiro atoms. The molecule has 0 atom stereocenters. The SMILES string of the molecule is Cc1ccc(CN(C(=O)C2CCC(CN)CC2)C2CC2)o1. The van der Waals surface area contributed by atoms with E-state index in [0.717, 1.165) is 56.6 Å². The Morgan fingerprint density at radius 3 is 2.48 bits per heavy atom. The molecule has 0 bridgehead atoms. The van der Waals surface area contributed by atoms with Gasteiger partial charge in [0.2, 0.25) is 5.91 Å². The lowest BCUT2D eigenvalue weighted by Crippen LogP contribution is -2.39. The number of hydrogen-bond acceptors (Lipinski definition) is 3. The molecule has 3 rings (SSSR count). The Bertz CT molecular complexity index is 485. The van der Waals surface area contributed by atoms with E-state index < -0.39 is 0 Å². The summed E-state index contributed by atoms with van der Waals surface area (Å²) in [7, 11) is 0.